The van der Waals surface area contributed by atoms with Crippen molar-refractivity contribution in [3.8, 4) is 0 Å². The van der Waals surface area contributed by atoms with Crippen LogP contribution in [-0.2, 0) is 9.47 Å². The topological polar surface area (TPSA) is 18.5 Å². The first-order chi connectivity index (χ1) is 6.79. The Morgan fingerprint density at radius 3 is 1.71 bits per heavy atom. The maximum absolute atomic E-state index is 5.50. The lowest BCUT2D eigenvalue weighted by atomic mass is 9.74. The summed E-state index contributed by atoms with van der Waals surface area (Å²) < 4.78 is 11.0. The van der Waals surface area contributed by atoms with E-state index in [1.54, 1.807) is 0 Å². The van der Waals surface area contributed by atoms with Crippen molar-refractivity contribution in [3.63, 3.8) is 0 Å². The van der Waals surface area contributed by atoms with Crippen molar-refractivity contribution in [2.45, 2.75) is 0 Å². The van der Waals surface area contributed by atoms with Crippen molar-refractivity contribution in [1.29, 1.82) is 0 Å². The fourth-order valence-electron chi connectivity index (χ4n) is 2.68. The fraction of sp³-hybridized carbons (Fsp3) is 0.500. The van der Waals surface area contributed by atoms with E-state index in [-0.39, 0.29) is 0 Å². The van der Waals surface area contributed by atoms with Gasteiger partial charge in [0.15, 0.2) is 0 Å². The summed E-state index contributed by atoms with van der Waals surface area (Å²) in [7, 11) is 0. The van der Waals surface area contributed by atoms with Crippen LogP contribution in [0.4, 0.5) is 0 Å². The summed E-state index contributed by atoms with van der Waals surface area (Å²) in [6, 6.07) is 0. The molecule has 14 heavy (non-hydrogen) atoms. The van der Waals surface area contributed by atoms with Gasteiger partial charge >= 0.3 is 0 Å². The van der Waals surface area contributed by atoms with E-state index in [1.807, 2.05) is 0 Å². The molecule has 2 fully saturated rings. The quantitative estimate of drug-likeness (QED) is 0.541. The summed E-state index contributed by atoms with van der Waals surface area (Å²) in [6.07, 6.45) is 0. The van der Waals surface area contributed by atoms with Gasteiger partial charge in [-0.25, -0.2) is 0 Å². The minimum atomic E-state index is 0.399. The van der Waals surface area contributed by atoms with Crippen molar-refractivity contribution in [1.82, 2.24) is 0 Å². The molecule has 2 aliphatic heterocycles. The molecule has 0 radical (unpaired) electrons. The maximum atomic E-state index is 5.50. The van der Waals surface area contributed by atoms with Gasteiger partial charge in [0.1, 0.15) is 0 Å². The third-order valence-corrected chi connectivity index (χ3v) is 3.59. The molecule has 2 heterocycles. The van der Waals surface area contributed by atoms with Gasteiger partial charge in [0.2, 0.25) is 0 Å². The molecule has 0 N–H and O–H groups in total. The smallest absolute Gasteiger partial charge is 0.0687 e. The summed E-state index contributed by atoms with van der Waals surface area (Å²) in [5.41, 5.74) is 5.17. The monoisotopic (exact) mass is 190 g/mol. The zero-order valence-electron chi connectivity index (χ0n) is 8.21. The van der Waals surface area contributed by atoms with Gasteiger partial charge in [-0.15, -0.1) is 0 Å². The van der Waals surface area contributed by atoms with Crippen molar-refractivity contribution >= 4 is 0 Å². The van der Waals surface area contributed by atoms with Crippen LogP contribution >= 0.6 is 0 Å². The molecule has 0 aromatic carbocycles. The average molecular weight is 190 g/mol. The molecule has 0 amide bonds. The van der Waals surface area contributed by atoms with E-state index in [0.29, 0.717) is 11.8 Å². The first kappa shape index (κ1) is 8.45. The number of hydrogen-bond acceptors (Lipinski definition) is 2. The zero-order chi connectivity index (χ0) is 9.71. The van der Waals surface area contributed by atoms with Crippen LogP contribution in [0.3, 0.4) is 0 Å². The Morgan fingerprint density at radius 1 is 0.857 bits per heavy atom. The number of hydrogen-bond donors (Lipinski definition) is 0. The van der Waals surface area contributed by atoms with Gasteiger partial charge in [-0.1, -0.05) is 13.2 Å². The normalized spacial score (nSPS) is 36.3. The van der Waals surface area contributed by atoms with Crippen LogP contribution in [0.1, 0.15) is 0 Å². The van der Waals surface area contributed by atoms with Gasteiger partial charge in [-0.05, 0) is 22.3 Å². The van der Waals surface area contributed by atoms with Crippen molar-refractivity contribution in [2.75, 3.05) is 26.4 Å². The number of ether oxygens (including phenoxy) is 2. The fourth-order valence-corrected chi connectivity index (χ4v) is 2.68. The molecule has 3 rings (SSSR count). The number of rotatable bonds is 0. The number of fused-ring (bicyclic) bond motifs is 2. The molecule has 1 aliphatic carbocycles. The lowest BCUT2D eigenvalue weighted by molar-refractivity contribution is 0.189. The lowest BCUT2D eigenvalue weighted by Crippen LogP contribution is -2.22. The van der Waals surface area contributed by atoms with Crippen LogP contribution in [0.15, 0.2) is 35.5 Å². The van der Waals surface area contributed by atoms with Crippen LogP contribution in [0.5, 0.6) is 0 Å². The Kier molecular flexibility index (Phi) is 1.70. The van der Waals surface area contributed by atoms with Gasteiger partial charge in [-0.3, -0.25) is 0 Å². The van der Waals surface area contributed by atoms with Gasteiger partial charge in [-0.2, -0.15) is 0 Å². The Labute approximate surface area is 83.9 Å². The average Bonchev–Trinajstić information content (AvgIpc) is 2.80. The van der Waals surface area contributed by atoms with Gasteiger partial charge < -0.3 is 9.47 Å². The highest BCUT2D eigenvalue weighted by atomic mass is 16.5. The summed E-state index contributed by atoms with van der Waals surface area (Å²) in [6.45, 7) is 11.4. The van der Waals surface area contributed by atoms with E-state index < -0.39 is 0 Å². The van der Waals surface area contributed by atoms with Gasteiger partial charge in [0.05, 0.1) is 26.4 Å². The molecule has 3 aliphatic rings. The second kappa shape index (κ2) is 2.81. The molecule has 74 valence electrons. The third kappa shape index (κ3) is 0.928. The largest absolute Gasteiger partial charge is 0.376 e. The second-order valence-electron chi connectivity index (χ2n) is 4.24. The Morgan fingerprint density at radius 2 is 1.29 bits per heavy atom. The molecule has 2 saturated heterocycles. The molecule has 2 atom stereocenters. The van der Waals surface area contributed by atoms with E-state index in [1.165, 1.54) is 11.1 Å². The molecule has 0 aromatic rings. The first-order valence-electron chi connectivity index (χ1n) is 5.04. The molecule has 2 heteroatoms. The van der Waals surface area contributed by atoms with E-state index in [9.17, 15) is 0 Å². The van der Waals surface area contributed by atoms with Crippen LogP contribution in [0.2, 0.25) is 0 Å². The standard InChI is InChI=1S/C12H14O2/c1-7-8(2)10-4-14-6-12(10)11-5-13-3-9(7)11/h9-10H,1-6H2/t9-,10+. The molecule has 0 unspecified atom stereocenters. The summed E-state index contributed by atoms with van der Waals surface area (Å²) in [4.78, 5) is 0. The molecular weight excluding hydrogens is 176 g/mol. The van der Waals surface area contributed by atoms with E-state index in [0.717, 1.165) is 37.6 Å². The molecule has 0 aromatic heterocycles. The third-order valence-electron chi connectivity index (χ3n) is 3.59. The van der Waals surface area contributed by atoms with E-state index in [2.05, 4.69) is 13.2 Å². The van der Waals surface area contributed by atoms with E-state index >= 15 is 0 Å². The molecule has 0 bridgehead atoms. The van der Waals surface area contributed by atoms with Crippen LogP contribution in [-0.4, -0.2) is 26.4 Å². The SMILES string of the molecule is C=C1C(=C)[C@@H]2COCC2=C2COC[C@H]12. The Bertz CT molecular complexity index is 317. The minimum Gasteiger partial charge on any atom is -0.376 e. The summed E-state index contributed by atoms with van der Waals surface area (Å²) in [5.74, 6) is 0.797. The highest BCUT2D eigenvalue weighted by Gasteiger charge is 2.40. The van der Waals surface area contributed by atoms with Gasteiger partial charge in [0.25, 0.3) is 0 Å². The predicted molar refractivity (Wildman–Crippen MR) is 53.9 cm³/mol. The van der Waals surface area contributed by atoms with Crippen LogP contribution < -0.4 is 0 Å². The van der Waals surface area contributed by atoms with Gasteiger partial charge in [0, 0.05) is 11.8 Å². The second-order valence-corrected chi connectivity index (χ2v) is 4.24. The molecule has 0 spiro atoms. The predicted octanol–water partition coefficient (Wildman–Crippen LogP) is 1.70. The highest BCUT2D eigenvalue weighted by molar-refractivity contribution is 5.49. The van der Waals surface area contributed by atoms with Crippen molar-refractivity contribution < 1.29 is 9.47 Å². The van der Waals surface area contributed by atoms with Crippen LogP contribution in [0.25, 0.3) is 0 Å². The Balaban J connectivity index is 2.13. The van der Waals surface area contributed by atoms with E-state index in [4.69, 9.17) is 9.47 Å². The highest BCUT2D eigenvalue weighted by Crippen LogP contribution is 2.45. The molecule has 0 saturated carbocycles. The zero-order valence-corrected chi connectivity index (χ0v) is 8.21. The molecular formula is C12H14O2. The Hall–Kier alpha value is -0.860. The lowest BCUT2D eigenvalue weighted by Gasteiger charge is -2.28. The summed E-state index contributed by atoms with van der Waals surface area (Å²) >= 11 is 0. The maximum Gasteiger partial charge on any atom is 0.0687 e. The molecule has 2 nitrogen and oxygen atoms in total. The minimum absolute atomic E-state index is 0.399. The first-order valence-corrected chi connectivity index (χ1v) is 5.04. The van der Waals surface area contributed by atoms with Crippen molar-refractivity contribution in [3.05, 3.63) is 35.5 Å². The van der Waals surface area contributed by atoms with Crippen molar-refractivity contribution in [2.24, 2.45) is 11.8 Å². The van der Waals surface area contributed by atoms with Crippen LogP contribution in [0, 0.1) is 11.8 Å². The summed E-state index contributed by atoms with van der Waals surface area (Å²) in [5, 5.41) is 0.